The van der Waals surface area contributed by atoms with Crippen LogP contribution in [0.15, 0.2) is 145 Å². The molecule has 9 aromatic rings. The molecule has 5 fully saturated rings. The number of likely N-dealkylation sites (N-methyl/N-ethyl adjacent to an activating group) is 1. The number of benzene rings is 4. The second-order valence-corrected chi connectivity index (χ2v) is 34.1. The molecule has 1 spiro atoms. The SMILES string of the molecule is C=CC(=O)N1CCN(c2nc(OC[C@@H]3CCCN3C)nc3c2C2(CC2)CN(c2cc(O)cc4ccccc24)C3)CC1.C=CC(=O)N1C[C@H](C)N(c2nc(=O)n(-c3c(F)ccnc3C(C)C)c3c2CCN(c2c(N)cccc2F)C3)C[C@H]1C.C=CC(=O)N1C[C@H](C)N(c2nc(=O)n(-c3c(F)ccnc3C(C)C)c3c2CCN(c2c(O)cccc2F)C3)C[C@H]1C. The number of nitrogens with two attached hydrogens (primary N) is 1. The number of carbonyl (C=O) groups excluding carboxylic acids is 3. The number of para-hydroxylation sites is 2. The molecule has 0 unspecified atom stereocenters. The van der Waals surface area contributed by atoms with Gasteiger partial charge in [0, 0.05) is 154 Å². The number of amides is 3. The summed E-state index contributed by atoms with van der Waals surface area (Å²) in [6, 6.07) is 23.1. The number of pyridine rings is 2. The number of rotatable bonds is 16. The molecule has 8 aliphatic rings. The number of nitrogen functional groups attached to an aromatic ring is 1. The largest absolute Gasteiger partial charge is 0.508 e. The van der Waals surface area contributed by atoms with E-state index in [1.54, 1.807) is 31.7 Å². The summed E-state index contributed by atoms with van der Waals surface area (Å²) < 4.78 is 69.9. The number of piperazine rings is 3. The van der Waals surface area contributed by atoms with Crippen molar-refractivity contribution < 1.29 is 46.9 Å². The molecule has 17 rings (SSSR count). The molecule has 5 aromatic heterocycles. The molecule has 0 radical (unpaired) electrons. The number of likely N-dealkylation sites (tertiary alicyclic amines) is 1. The highest BCUT2D eigenvalue weighted by Crippen LogP contribution is 2.56. The number of phenols is 2. The highest BCUT2D eigenvalue weighted by molar-refractivity contribution is 5.96. The van der Waals surface area contributed by atoms with Crippen LogP contribution in [0.25, 0.3) is 22.1 Å². The monoisotopic (exact) mass is 1680 g/mol. The molecule has 1 aliphatic carbocycles. The van der Waals surface area contributed by atoms with E-state index in [0.29, 0.717) is 138 Å². The molecule has 7 aliphatic heterocycles. The molecule has 12 heterocycles. The van der Waals surface area contributed by atoms with Crippen molar-refractivity contribution in [2.24, 2.45) is 0 Å². The molecule has 31 heteroatoms. The van der Waals surface area contributed by atoms with Gasteiger partial charge in [-0.25, -0.2) is 27.2 Å². The average molecular weight is 1680 g/mol. The van der Waals surface area contributed by atoms with Gasteiger partial charge in [0.25, 0.3) is 0 Å². The van der Waals surface area contributed by atoms with Crippen LogP contribution in [0.3, 0.4) is 0 Å². The molecule has 123 heavy (non-hydrogen) atoms. The molecule has 4 N–H and O–H groups in total. The van der Waals surface area contributed by atoms with Crippen LogP contribution in [0.4, 0.5) is 57.8 Å². The Morgan fingerprint density at radius 1 is 0.577 bits per heavy atom. The summed E-state index contributed by atoms with van der Waals surface area (Å²) in [6.45, 7) is 34.6. The molecule has 0 bridgehead atoms. The van der Waals surface area contributed by atoms with Crippen LogP contribution in [-0.2, 0) is 52.3 Å². The van der Waals surface area contributed by atoms with E-state index >= 15 is 13.2 Å². The number of hydrogen-bond acceptors (Lipinski definition) is 22. The van der Waals surface area contributed by atoms with E-state index in [1.807, 2.05) is 94.4 Å². The summed E-state index contributed by atoms with van der Waals surface area (Å²) >= 11 is 0. The van der Waals surface area contributed by atoms with Gasteiger partial charge in [0.2, 0.25) is 17.7 Å². The molecule has 5 atom stereocenters. The van der Waals surface area contributed by atoms with Gasteiger partial charge in [-0.1, -0.05) is 83.8 Å². The van der Waals surface area contributed by atoms with Gasteiger partial charge >= 0.3 is 17.4 Å². The van der Waals surface area contributed by atoms with Crippen molar-refractivity contribution in [3.8, 4) is 28.9 Å². The summed E-state index contributed by atoms with van der Waals surface area (Å²) in [7, 11) is 2.15. The standard InChI is InChI=1S/C32H38N6O3.C30H35F2N7O2.C30H34F2N6O3/c1-3-28(40)36-13-15-37(16-14-36)30-29-26(33-31(34-30)41-20-23-8-6-12-35(23)2)19-38(21-32(29)10-11-32)27-18-24(39)17-22-7-4-5-9-25(22)27;1-6-25(40)37-14-19(5)38(15-18(37)4)29-20-11-13-36(27-21(31)8-7-9-23(27)33)16-24(20)39(30(41)35-29)28-22(32)10-12-34-26(28)17(2)3;1-6-25(40)36-14-19(5)37(15-18(36)4)29-20-11-13-35(27-21(31)8-7-9-24(27)39)16-23(20)38(30(41)34-29)28-22(32)10-12-33-26(28)17(2)3/h3-5,7,9,17-18,23,39H,1,6,8,10-16,19-21H2,2H3;6-10,12,17-19H,1,11,13-16,33H2,2-5H3;6-10,12,17-19,39H,1,11,13-16H2,2-5H3/t23-;2*18-,19+/m011/s1. The Balaban J connectivity index is 0.000000143. The summed E-state index contributed by atoms with van der Waals surface area (Å²) in [5.74, 6) is -1.01. The van der Waals surface area contributed by atoms with Crippen molar-refractivity contribution in [3.05, 3.63) is 225 Å². The Morgan fingerprint density at radius 3 is 1.62 bits per heavy atom. The third-order valence-electron chi connectivity index (χ3n) is 25.4. The van der Waals surface area contributed by atoms with E-state index in [0.717, 1.165) is 71.5 Å². The van der Waals surface area contributed by atoms with Crippen LogP contribution in [0, 0.1) is 23.3 Å². The first-order valence-corrected chi connectivity index (χ1v) is 42.4. The predicted octanol–water partition coefficient (Wildman–Crippen LogP) is 11.4. The molecule has 27 nitrogen and oxygen atoms in total. The van der Waals surface area contributed by atoms with Gasteiger partial charge in [-0.15, -0.1) is 0 Å². The minimum Gasteiger partial charge on any atom is -0.508 e. The maximum Gasteiger partial charge on any atom is 0.354 e. The van der Waals surface area contributed by atoms with Crippen LogP contribution in [0.5, 0.6) is 17.5 Å². The number of halogens is 4. The van der Waals surface area contributed by atoms with Crippen LogP contribution in [0.2, 0.25) is 0 Å². The van der Waals surface area contributed by atoms with Crippen molar-refractivity contribution >= 4 is 68.7 Å². The van der Waals surface area contributed by atoms with Crippen molar-refractivity contribution in [1.29, 1.82) is 0 Å². The zero-order valence-electron chi connectivity index (χ0n) is 71.2. The zero-order chi connectivity index (χ0) is 87.3. The minimum absolute atomic E-state index is 0.0183. The lowest BCUT2D eigenvalue weighted by Gasteiger charge is -2.45. The molecule has 1 saturated carbocycles. The first-order valence-electron chi connectivity index (χ1n) is 42.4. The molecule has 646 valence electrons. The Labute approximate surface area is 712 Å². The molecular formula is C92H107F4N19O8. The van der Waals surface area contributed by atoms with Crippen molar-refractivity contribution in [2.45, 2.75) is 161 Å². The Kier molecular flexibility index (Phi) is 24.5. The lowest BCUT2D eigenvalue weighted by molar-refractivity contribution is -0.129. The van der Waals surface area contributed by atoms with Crippen molar-refractivity contribution in [1.82, 2.24) is 58.6 Å². The number of carbonyl (C=O) groups is 3. The number of fused-ring (bicyclic) bond motifs is 5. The molecular weight excluding hydrogens is 1580 g/mol. The van der Waals surface area contributed by atoms with Gasteiger partial charge < -0.3 is 69.7 Å². The average Bonchev–Trinajstić information content (AvgIpc) is 1.71. The van der Waals surface area contributed by atoms with Crippen LogP contribution < -0.4 is 51.2 Å². The van der Waals surface area contributed by atoms with E-state index in [9.17, 15) is 38.6 Å². The Morgan fingerprint density at radius 2 is 1.11 bits per heavy atom. The van der Waals surface area contributed by atoms with Gasteiger partial charge in [0.15, 0.2) is 11.6 Å². The fourth-order valence-corrected chi connectivity index (χ4v) is 18.9. The fourth-order valence-electron chi connectivity index (χ4n) is 18.9. The first-order chi connectivity index (χ1) is 59.0. The Bertz CT molecular complexity index is 5460. The lowest BCUT2D eigenvalue weighted by atomic mass is 9.88. The van der Waals surface area contributed by atoms with Crippen molar-refractivity contribution in [3.63, 3.8) is 0 Å². The summed E-state index contributed by atoms with van der Waals surface area (Å²) in [5.41, 5.74) is 12.0. The van der Waals surface area contributed by atoms with E-state index in [-0.39, 0.29) is 112 Å². The van der Waals surface area contributed by atoms with Gasteiger partial charge in [-0.3, -0.25) is 33.5 Å². The molecule has 3 amide bonds. The highest BCUT2D eigenvalue weighted by atomic mass is 19.1. The van der Waals surface area contributed by atoms with E-state index in [2.05, 4.69) is 73.6 Å². The number of aromatic nitrogens is 8. The van der Waals surface area contributed by atoms with E-state index < -0.39 is 34.6 Å². The normalized spacial score (nSPS) is 19.9. The lowest BCUT2D eigenvalue weighted by Crippen LogP contribution is -2.58. The third-order valence-corrected chi connectivity index (χ3v) is 25.4. The van der Waals surface area contributed by atoms with Gasteiger partial charge in [-0.2, -0.15) is 19.9 Å². The summed E-state index contributed by atoms with van der Waals surface area (Å²) in [6.07, 6.45) is 12.0. The van der Waals surface area contributed by atoms with Gasteiger partial charge in [-0.05, 0) is 158 Å². The number of aromatic hydroxyl groups is 2. The van der Waals surface area contributed by atoms with Gasteiger partial charge in [0.05, 0.1) is 59.5 Å². The third kappa shape index (κ3) is 16.7. The number of hydrogen-bond donors (Lipinski definition) is 3. The summed E-state index contributed by atoms with van der Waals surface area (Å²) in [4.78, 5) is 113. The highest BCUT2D eigenvalue weighted by Gasteiger charge is 2.53. The van der Waals surface area contributed by atoms with Crippen LogP contribution >= 0.6 is 0 Å². The van der Waals surface area contributed by atoms with E-state index in [1.165, 1.54) is 88.1 Å². The van der Waals surface area contributed by atoms with Gasteiger partial charge in [0.1, 0.15) is 64.3 Å². The number of ether oxygens (including phenoxy) is 1. The van der Waals surface area contributed by atoms with Crippen LogP contribution in [-0.4, -0.2) is 209 Å². The maximum atomic E-state index is 15.5. The number of anilines is 7. The topological polar surface area (TPSA) is 281 Å². The van der Waals surface area contributed by atoms with Crippen LogP contribution in [0.1, 0.15) is 138 Å². The second-order valence-electron chi connectivity index (χ2n) is 34.1. The predicted molar refractivity (Wildman–Crippen MR) is 468 cm³/mol. The zero-order valence-corrected chi connectivity index (χ0v) is 71.2. The molecule has 4 saturated heterocycles. The minimum atomic E-state index is -0.684. The Hall–Kier alpha value is -12.4. The number of phenolic OH excluding ortho intramolecular Hbond substituents is 2. The quantitative estimate of drug-likeness (QED) is 0.0460. The second kappa shape index (κ2) is 35.2. The fraction of sp³-hybridized carbons (Fsp3) is 0.424. The summed E-state index contributed by atoms with van der Waals surface area (Å²) in [5, 5.41) is 23.3. The van der Waals surface area contributed by atoms with Crippen molar-refractivity contribution in [2.75, 3.05) is 127 Å². The van der Waals surface area contributed by atoms with E-state index in [4.69, 9.17) is 20.4 Å². The maximum absolute atomic E-state index is 15.5. The smallest absolute Gasteiger partial charge is 0.354 e. The number of nitrogens with zero attached hydrogens (tertiary/aromatic N) is 18. The molecule has 4 aromatic carbocycles. The first kappa shape index (κ1) is 85.6.